The Balaban J connectivity index is 2.54. The average Bonchev–Trinajstić information content (AvgIpc) is 2.26. The molecule has 2 aromatic carbocycles. The van der Waals surface area contributed by atoms with Crippen molar-refractivity contribution in [2.75, 3.05) is 5.32 Å². The lowest BCUT2D eigenvalue weighted by atomic mass is 10.1. The maximum absolute atomic E-state index is 11.1. The van der Waals surface area contributed by atoms with E-state index in [0.717, 1.165) is 16.5 Å². The van der Waals surface area contributed by atoms with Gasteiger partial charge in [0.05, 0.1) is 0 Å². The van der Waals surface area contributed by atoms with Crippen LogP contribution in [0.25, 0.3) is 10.8 Å². The summed E-state index contributed by atoms with van der Waals surface area (Å²) in [7, 11) is 0. The minimum atomic E-state index is -0.336. The first-order valence-corrected chi connectivity index (χ1v) is 6.20. The van der Waals surface area contributed by atoms with E-state index in [-0.39, 0.29) is 11.5 Å². The number of ether oxygens (including phenoxy) is 1. The number of anilines is 1. The highest BCUT2D eigenvalue weighted by Crippen LogP contribution is 2.32. The molecule has 1 amide bonds. The SMILES string of the molecule is [CH2]C(=O)Nc1cc(OC(C)(C)C)c2ccccc2c1. The normalized spacial score (nSPS) is 11.4. The standard InChI is InChI=1S/C16H18NO2/c1-11(18)17-13-9-12-7-5-6-8-14(12)15(10-13)19-16(2,3)4/h5-10H,1H2,2-4H3,(H,17,18). The Bertz CT molecular complexity index is 612. The van der Waals surface area contributed by atoms with Crippen molar-refractivity contribution in [3.63, 3.8) is 0 Å². The fourth-order valence-corrected chi connectivity index (χ4v) is 1.92. The van der Waals surface area contributed by atoms with Crippen LogP contribution in [0.2, 0.25) is 0 Å². The zero-order valence-corrected chi connectivity index (χ0v) is 11.5. The van der Waals surface area contributed by atoms with Crippen LogP contribution in [0.1, 0.15) is 20.8 Å². The topological polar surface area (TPSA) is 38.3 Å². The molecule has 0 heterocycles. The summed E-state index contributed by atoms with van der Waals surface area (Å²) >= 11 is 0. The van der Waals surface area contributed by atoms with Crippen molar-refractivity contribution in [2.24, 2.45) is 0 Å². The molecule has 0 aliphatic heterocycles. The molecule has 0 saturated heterocycles. The number of carbonyl (C=O) groups is 1. The van der Waals surface area contributed by atoms with Gasteiger partial charge in [0.2, 0.25) is 5.91 Å². The van der Waals surface area contributed by atoms with Gasteiger partial charge < -0.3 is 10.1 Å². The van der Waals surface area contributed by atoms with Crippen molar-refractivity contribution >= 4 is 22.4 Å². The van der Waals surface area contributed by atoms with Gasteiger partial charge >= 0.3 is 0 Å². The lowest BCUT2D eigenvalue weighted by molar-refractivity contribution is -0.112. The molecule has 2 aromatic rings. The fraction of sp³-hybridized carbons (Fsp3) is 0.250. The molecule has 2 rings (SSSR count). The van der Waals surface area contributed by atoms with Crippen molar-refractivity contribution in [1.29, 1.82) is 0 Å². The van der Waals surface area contributed by atoms with Crippen LogP contribution < -0.4 is 10.1 Å². The molecule has 1 radical (unpaired) electrons. The summed E-state index contributed by atoms with van der Waals surface area (Å²) in [4.78, 5) is 11.1. The molecule has 0 spiro atoms. The summed E-state index contributed by atoms with van der Waals surface area (Å²) in [5.41, 5.74) is 0.397. The highest BCUT2D eigenvalue weighted by Gasteiger charge is 2.15. The van der Waals surface area contributed by atoms with E-state index in [1.165, 1.54) is 0 Å². The Hall–Kier alpha value is -2.03. The fourth-order valence-electron chi connectivity index (χ4n) is 1.92. The number of nitrogens with one attached hydrogen (secondary N) is 1. The second-order valence-corrected chi connectivity index (χ2v) is 5.46. The van der Waals surface area contributed by atoms with E-state index in [1.54, 1.807) is 0 Å². The quantitative estimate of drug-likeness (QED) is 0.887. The molecule has 0 saturated carbocycles. The van der Waals surface area contributed by atoms with Gasteiger partial charge in [-0.2, -0.15) is 0 Å². The van der Waals surface area contributed by atoms with Gasteiger partial charge in [-0.15, -0.1) is 0 Å². The molecule has 0 aromatic heterocycles. The molecule has 0 bridgehead atoms. The molecule has 99 valence electrons. The summed E-state index contributed by atoms with van der Waals surface area (Å²) in [5.74, 6) is 0.423. The van der Waals surface area contributed by atoms with Gasteiger partial charge in [0.1, 0.15) is 11.4 Å². The van der Waals surface area contributed by atoms with E-state index in [0.29, 0.717) is 5.69 Å². The molecule has 19 heavy (non-hydrogen) atoms. The summed E-state index contributed by atoms with van der Waals surface area (Å²) in [6, 6.07) is 11.7. The van der Waals surface area contributed by atoms with E-state index in [9.17, 15) is 4.79 Å². The number of fused-ring (bicyclic) bond motifs is 1. The van der Waals surface area contributed by atoms with Gasteiger partial charge in [0.15, 0.2) is 0 Å². The predicted molar refractivity (Wildman–Crippen MR) is 78.3 cm³/mol. The first-order chi connectivity index (χ1) is 8.85. The van der Waals surface area contributed by atoms with Crippen LogP contribution in [0.4, 0.5) is 5.69 Å². The highest BCUT2D eigenvalue weighted by molar-refractivity contribution is 5.98. The summed E-state index contributed by atoms with van der Waals surface area (Å²) in [6.07, 6.45) is 0. The number of hydrogen-bond donors (Lipinski definition) is 1. The largest absolute Gasteiger partial charge is 0.487 e. The predicted octanol–water partition coefficient (Wildman–Crippen LogP) is 3.79. The molecule has 0 fully saturated rings. The molecular weight excluding hydrogens is 238 g/mol. The van der Waals surface area contributed by atoms with Gasteiger partial charge in [-0.1, -0.05) is 24.3 Å². The van der Waals surface area contributed by atoms with Crippen molar-refractivity contribution in [3.8, 4) is 5.75 Å². The van der Waals surface area contributed by atoms with Crippen molar-refractivity contribution < 1.29 is 9.53 Å². The van der Waals surface area contributed by atoms with Gasteiger partial charge in [-0.05, 0) is 32.2 Å². The number of amides is 1. The Morgan fingerprint density at radius 1 is 1.21 bits per heavy atom. The van der Waals surface area contributed by atoms with Crippen LogP contribution >= 0.6 is 0 Å². The third-order valence-electron chi connectivity index (χ3n) is 2.52. The molecular formula is C16H18NO2. The van der Waals surface area contributed by atoms with Crippen LogP contribution in [0.3, 0.4) is 0 Å². The van der Waals surface area contributed by atoms with Gasteiger partial charge in [-0.3, -0.25) is 4.79 Å². The van der Waals surface area contributed by atoms with E-state index in [1.807, 2.05) is 57.2 Å². The third-order valence-corrected chi connectivity index (χ3v) is 2.52. The van der Waals surface area contributed by atoms with Gasteiger partial charge in [0, 0.05) is 24.1 Å². The van der Waals surface area contributed by atoms with Gasteiger partial charge in [-0.25, -0.2) is 0 Å². The average molecular weight is 256 g/mol. The van der Waals surface area contributed by atoms with Crippen molar-refractivity contribution in [1.82, 2.24) is 0 Å². The number of benzene rings is 2. The molecule has 3 heteroatoms. The van der Waals surface area contributed by atoms with Crippen molar-refractivity contribution in [3.05, 3.63) is 43.3 Å². The van der Waals surface area contributed by atoms with Crippen LogP contribution in [-0.4, -0.2) is 11.5 Å². The molecule has 3 nitrogen and oxygen atoms in total. The van der Waals surface area contributed by atoms with Crippen LogP contribution in [0, 0.1) is 6.92 Å². The van der Waals surface area contributed by atoms with Crippen LogP contribution in [-0.2, 0) is 4.79 Å². The molecule has 0 unspecified atom stereocenters. The Labute approximate surface area is 113 Å². The first kappa shape index (κ1) is 13.4. The van der Waals surface area contributed by atoms with Crippen LogP contribution in [0.15, 0.2) is 36.4 Å². The molecule has 0 aliphatic carbocycles. The minimum absolute atomic E-state index is 0.296. The van der Waals surface area contributed by atoms with Crippen LogP contribution in [0.5, 0.6) is 5.75 Å². The lowest BCUT2D eigenvalue weighted by Gasteiger charge is -2.23. The zero-order chi connectivity index (χ0) is 14.0. The maximum Gasteiger partial charge on any atom is 0.224 e. The summed E-state index contributed by atoms with van der Waals surface area (Å²) < 4.78 is 5.97. The van der Waals surface area contributed by atoms with E-state index in [4.69, 9.17) is 4.74 Å². The molecule has 0 atom stereocenters. The lowest BCUT2D eigenvalue weighted by Crippen LogP contribution is -2.23. The first-order valence-electron chi connectivity index (χ1n) is 6.20. The second kappa shape index (κ2) is 4.92. The molecule has 1 N–H and O–H groups in total. The Morgan fingerprint density at radius 3 is 2.53 bits per heavy atom. The smallest absolute Gasteiger partial charge is 0.224 e. The Morgan fingerprint density at radius 2 is 1.89 bits per heavy atom. The van der Waals surface area contributed by atoms with E-state index < -0.39 is 0 Å². The monoisotopic (exact) mass is 256 g/mol. The zero-order valence-electron chi connectivity index (χ0n) is 11.5. The Kier molecular flexibility index (Phi) is 3.47. The number of hydrogen-bond acceptors (Lipinski definition) is 2. The highest BCUT2D eigenvalue weighted by atomic mass is 16.5. The summed E-state index contributed by atoms with van der Waals surface area (Å²) in [6.45, 7) is 9.31. The van der Waals surface area contributed by atoms with E-state index >= 15 is 0 Å². The van der Waals surface area contributed by atoms with Crippen molar-refractivity contribution in [2.45, 2.75) is 26.4 Å². The van der Waals surface area contributed by atoms with Gasteiger partial charge in [0.25, 0.3) is 0 Å². The molecule has 0 aliphatic rings. The van der Waals surface area contributed by atoms with E-state index in [2.05, 4.69) is 12.2 Å². The third kappa shape index (κ3) is 3.47. The summed E-state index contributed by atoms with van der Waals surface area (Å²) in [5, 5.41) is 4.74. The number of carbonyl (C=O) groups excluding carboxylic acids is 1. The maximum atomic E-state index is 11.1. The second-order valence-electron chi connectivity index (χ2n) is 5.46. The number of rotatable bonds is 2. The minimum Gasteiger partial charge on any atom is -0.487 e.